The Morgan fingerprint density at radius 2 is 1.22 bits per heavy atom. The van der Waals surface area contributed by atoms with Gasteiger partial charge < -0.3 is 4.74 Å². The Labute approximate surface area is 150 Å². The van der Waals surface area contributed by atoms with Crippen LogP contribution in [-0.4, -0.2) is 32.8 Å². The Bertz CT molecular complexity index is 753. The highest BCUT2D eigenvalue weighted by molar-refractivity contribution is 6.42. The smallest absolute Gasteiger partial charge is 0.287 e. The molecule has 2 rings (SSSR count). The molecule has 23 heavy (non-hydrogen) atoms. The standard InChI is InChI=1S/C12H10Cl4N4O3/c13-7-5-17-19(11(21)9(7)15)1-3-23-4-2-20-12(22)10(16)8(14)6-18-20/h5-6H,1-4H2. The van der Waals surface area contributed by atoms with Crippen molar-refractivity contribution in [2.45, 2.75) is 13.1 Å². The number of hydrogen-bond donors (Lipinski definition) is 0. The van der Waals surface area contributed by atoms with Crippen molar-refractivity contribution in [2.24, 2.45) is 0 Å². The minimum absolute atomic E-state index is 0.0896. The third-order valence-electron chi connectivity index (χ3n) is 2.78. The lowest BCUT2D eigenvalue weighted by molar-refractivity contribution is 0.112. The molecule has 0 bridgehead atoms. The van der Waals surface area contributed by atoms with E-state index in [4.69, 9.17) is 51.1 Å². The highest BCUT2D eigenvalue weighted by Crippen LogP contribution is 2.15. The van der Waals surface area contributed by atoms with Crippen LogP contribution in [0, 0.1) is 0 Å². The Balaban J connectivity index is 1.85. The van der Waals surface area contributed by atoms with E-state index in [1.807, 2.05) is 0 Å². The van der Waals surface area contributed by atoms with E-state index in [9.17, 15) is 9.59 Å². The third kappa shape index (κ3) is 4.45. The molecule has 7 nitrogen and oxygen atoms in total. The molecular formula is C12H10Cl4N4O3. The van der Waals surface area contributed by atoms with Gasteiger partial charge in [0.05, 0.1) is 48.7 Å². The van der Waals surface area contributed by atoms with Crippen molar-refractivity contribution in [1.82, 2.24) is 19.6 Å². The van der Waals surface area contributed by atoms with E-state index in [1.165, 1.54) is 12.4 Å². The van der Waals surface area contributed by atoms with E-state index in [1.54, 1.807) is 0 Å². The lowest BCUT2D eigenvalue weighted by Gasteiger charge is -2.08. The lowest BCUT2D eigenvalue weighted by atomic mass is 10.5. The van der Waals surface area contributed by atoms with Crippen LogP contribution in [0.25, 0.3) is 0 Å². The number of rotatable bonds is 6. The lowest BCUT2D eigenvalue weighted by Crippen LogP contribution is -2.27. The molecule has 0 saturated carbocycles. The fourth-order valence-corrected chi connectivity index (χ4v) is 2.15. The molecule has 0 spiro atoms. The molecule has 0 N–H and O–H groups in total. The molecule has 0 saturated heterocycles. The van der Waals surface area contributed by atoms with E-state index in [2.05, 4.69) is 10.2 Å². The van der Waals surface area contributed by atoms with Crippen LogP contribution in [-0.2, 0) is 17.8 Å². The van der Waals surface area contributed by atoms with Crippen LogP contribution >= 0.6 is 46.4 Å². The highest BCUT2D eigenvalue weighted by Gasteiger charge is 2.08. The number of nitrogens with zero attached hydrogens (tertiary/aromatic N) is 4. The molecule has 2 heterocycles. The van der Waals surface area contributed by atoms with Crippen LogP contribution in [0.2, 0.25) is 20.1 Å². The zero-order valence-electron chi connectivity index (χ0n) is 11.5. The molecule has 11 heteroatoms. The molecule has 2 aromatic heterocycles. The largest absolute Gasteiger partial charge is 0.378 e. The molecule has 124 valence electrons. The van der Waals surface area contributed by atoms with Crippen molar-refractivity contribution >= 4 is 46.4 Å². The summed E-state index contributed by atoms with van der Waals surface area (Å²) in [6, 6.07) is 0. The van der Waals surface area contributed by atoms with Crippen molar-refractivity contribution in [3.63, 3.8) is 0 Å². The van der Waals surface area contributed by atoms with Gasteiger partial charge in [0.15, 0.2) is 0 Å². The minimum Gasteiger partial charge on any atom is -0.378 e. The summed E-state index contributed by atoms with van der Waals surface area (Å²) in [5.74, 6) is 0. The number of hydrogen-bond acceptors (Lipinski definition) is 5. The first-order valence-electron chi connectivity index (χ1n) is 6.31. The van der Waals surface area contributed by atoms with Crippen molar-refractivity contribution in [2.75, 3.05) is 13.2 Å². The molecule has 0 aliphatic heterocycles. The summed E-state index contributed by atoms with van der Waals surface area (Å²) >= 11 is 22.8. The molecular weight excluding hydrogens is 390 g/mol. The first-order chi connectivity index (χ1) is 10.9. The van der Waals surface area contributed by atoms with Crippen molar-refractivity contribution in [1.29, 1.82) is 0 Å². The minimum atomic E-state index is -0.495. The molecule has 0 radical (unpaired) electrons. The second-order valence-corrected chi connectivity index (χ2v) is 5.85. The number of ether oxygens (including phenoxy) is 1. The van der Waals surface area contributed by atoms with E-state index in [-0.39, 0.29) is 46.4 Å². The summed E-state index contributed by atoms with van der Waals surface area (Å²) in [4.78, 5) is 23.5. The van der Waals surface area contributed by atoms with E-state index in [0.717, 1.165) is 9.36 Å². The maximum absolute atomic E-state index is 11.7. The van der Waals surface area contributed by atoms with Crippen LogP contribution in [0.15, 0.2) is 22.0 Å². The van der Waals surface area contributed by atoms with Gasteiger partial charge in [-0.05, 0) is 0 Å². The van der Waals surface area contributed by atoms with Gasteiger partial charge in [0.2, 0.25) is 0 Å². The summed E-state index contributed by atoms with van der Waals surface area (Å²) in [7, 11) is 0. The van der Waals surface area contributed by atoms with Gasteiger partial charge >= 0.3 is 0 Å². The van der Waals surface area contributed by atoms with E-state index >= 15 is 0 Å². The van der Waals surface area contributed by atoms with Crippen LogP contribution in [0.4, 0.5) is 0 Å². The Morgan fingerprint density at radius 3 is 1.61 bits per heavy atom. The van der Waals surface area contributed by atoms with Crippen LogP contribution in [0.3, 0.4) is 0 Å². The van der Waals surface area contributed by atoms with Gasteiger partial charge in [-0.2, -0.15) is 10.2 Å². The quantitative estimate of drug-likeness (QED) is 0.695. The normalized spacial score (nSPS) is 11.0. The fourth-order valence-electron chi connectivity index (χ4n) is 1.61. The third-order valence-corrected chi connectivity index (χ3v) is 4.28. The van der Waals surface area contributed by atoms with E-state index in [0.29, 0.717) is 0 Å². The van der Waals surface area contributed by atoms with Crippen LogP contribution in [0.1, 0.15) is 0 Å². The number of aromatic nitrogens is 4. The zero-order chi connectivity index (χ0) is 17.0. The molecule has 0 unspecified atom stereocenters. The first kappa shape index (κ1) is 18.2. The topological polar surface area (TPSA) is 79.0 Å². The summed E-state index contributed by atoms with van der Waals surface area (Å²) in [6.45, 7) is 0.778. The Kier molecular flexibility index (Phi) is 6.43. The average molecular weight is 400 g/mol. The molecule has 2 aromatic rings. The van der Waals surface area contributed by atoms with Gasteiger partial charge in [-0.25, -0.2) is 9.36 Å². The van der Waals surface area contributed by atoms with Gasteiger partial charge in [-0.15, -0.1) is 0 Å². The first-order valence-corrected chi connectivity index (χ1v) is 7.83. The number of halogens is 4. The Morgan fingerprint density at radius 1 is 0.826 bits per heavy atom. The highest BCUT2D eigenvalue weighted by atomic mass is 35.5. The van der Waals surface area contributed by atoms with Gasteiger partial charge in [-0.3, -0.25) is 9.59 Å². The summed E-state index contributed by atoms with van der Waals surface area (Å²) < 4.78 is 7.61. The second kappa shape index (κ2) is 8.12. The average Bonchev–Trinajstić information content (AvgIpc) is 2.54. The van der Waals surface area contributed by atoms with Crippen LogP contribution < -0.4 is 11.1 Å². The molecule has 0 aliphatic rings. The van der Waals surface area contributed by atoms with Gasteiger partial charge in [0, 0.05) is 0 Å². The maximum Gasteiger partial charge on any atom is 0.287 e. The van der Waals surface area contributed by atoms with Crippen molar-refractivity contribution in [3.05, 3.63) is 53.2 Å². The molecule has 0 aromatic carbocycles. The molecule has 0 amide bonds. The molecule has 0 aliphatic carbocycles. The van der Waals surface area contributed by atoms with Crippen molar-refractivity contribution in [3.8, 4) is 0 Å². The zero-order valence-corrected chi connectivity index (χ0v) is 14.5. The molecule has 0 atom stereocenters. The second-order valence-electron chi connectivity index (χ2n) is 4.28. The predicted octanol–water partition coefficient (Wildman–Crippen LogP) is 2.13. The van der Waals surface area contributed by atoms with Crippen LogP contribution in [0.5, 0.6) is 0 Å². The SMILES string of the molecule is O=c1c(Cl)c(Cl)cnn1CCOCCn1ncc(Cl)c(Cl)c1=O. The summed E-state index contributed by atoms with van der Waals surface area (Å²) in [5.41, 5.74) is -0.990. The predicted molar refractivity (Wildman–Crippen MR) is 87.9 cm³/mol. The van der Waals surface area contributed by atoms with Gasteiger partial charge in [0.25, 0.3) is 11.1 Å². The summed E-state index contributed by atoms with van der Waals surface area (Å²) in [6.07, 6.45) is 2.56. The van der Waals surface area contributed by atoms with Crippen molar-refractivity contribution < 1.29 is 4.74 Å². The molecule has 0 fully saturated rings. The summed E-state index contributed by atoms with van der Waals surface area (Å²) in [5, 5.41) is 7.69. The van der Waals surface area contributed by atoms with Gasteiger partial charge in [-0.1, -0.05) is 46.4 Å². The van der Waals surface area contributed by atoms with Gasteiger partial charge in [0.1, 0.15) is 10.0 Å². The maximum atomic E-state index is 11.7. The monoisotopic (exact) mass is 398 g/mol. The fraction of sp³-hybridized carbons (Fsp3) is 0.333. The Hall–Kier alpha value is -1.12. The van der Waals surface area contributed by atoms with E-state index < -0.39 is 11.1 Å².